The van der Waals surface area contributed by atoms with Gasteiger partial charge in [0.25, 0.3) is 5.91 Å². The minimum absolute atomic E-state index is 0.236. The van der Waals surface area contributed by atoms with Crippen LogP contribution in [-0.4, -0.2) is 15.9 Å². The Kier molecular flexibility index (Phi) is 5.81. The first-order valence-electron chi connectivity index (χ1n) is 9.09. The van der Waals surface area contributed by atoms with Crippen molar-refractivity contribution in [3.8, 4) is 0 Å². The van der Waals surface area contributed by atoms with Crippen LogP contribution in [0.15, 0.2) is 54.6 Å². The summed E-state index contributed by atoms with van der Waals surface area (Å²) in [7, 11) is 0. The van der Waals surface area contributed by atoms with Crippen molar-refractivity contribution in [2.24, 2.45) is 0 Å². The van der Waals surface area contributed by atoms with Gasteiger partial charge in [-0.1, -0.05) is 55.0 Å². The second-order valence-electron chi connectivity index (χ2n) is 6.49. The predicted molar refractivity (Wildman–Crippen MR) is 109 cm³/mol. The smallest absolute Gasteiger partial charge is 0.274 e. The van der Waals surface area contributed by atoms with E-state index >= 15 is 0 Å². The molecule has 0 unspecified atom stereocenters. The Morgan fingerprint density at radius 2 is 1.81 bits per heavy atom. The summed E-state index contributed by atoms with van der Waals surface area (Å²) in [4.78, 5) is 21.4. The molecule has 0 aliphatic heterocycles. The molecule has 0 spiro atoms. The van der Waals surface area contributed by atoms with Crippen molar-refractivity contribution in [3.05, 3.63) is 82.8 Å². The average molecular weight is 360 g/mol. The van der Waals surface area contributed by atoms with E-state index in [1.165, 1.54) is 5.56 Å². The molecule has 138 valence electrons. The van der Waals surface area contributed by atoms with Crippen molar-refractivity contribution in [2.45, 2.75) is 33.7 Å². The van der Waals surface area contributed by atoms with Crippen LogP contribution in [-0.2, 0) is 13.0 Å². The maximum Gasteiger partial charge on any atom is 0.274 e. The molecule has 27 heavy (non-hydrogen) atoms. The van der Waals surface area contributed by atoms with Gasteiger partial charge in [0, 0.05) is 18.3 Å². The van der Waals surface area contributed by atoms with Crippen molar-refractivity contribution >= 4 is 17.4 Å². The fourth-order valence-electron chi connectivity index (χ4n) is 2.93. The number of nitrogens with zero attached hydrogens (tertiary/aromatic N) is 2. The Bertz CT molecular complexity index is 953. The molecule has 2 N–H and O–H groups in total. The number of aryl methyl sites for hydroxylation is 3. The van der Waals surface area contributed by atoms with E-state index in [4.69, 9.17) is 0 Å². The Morgan fingerprint density at radius 3 is 2.59 bits per heavy atom. The number of nitrogens with one attached hydrogen (secondary N) is 2. The highest BCUT2D eigenvalue weighted by Gasteiger charge is 2.12. The van der Waals surface area contributed by atoms with E-state index in [-0.39, 0.29) is 5.91 Å². The molecule has 0 fully saturated rings. The molecular formula is C22H24N4O. The zero-order valence-electron chi connectivity index (χ0n) is 15.9. The summed E-state index contributed by atoms with van der Waals surface area (Å²) < 4.78 is 0. The van der Waals surface area contributed by atoms with E-state index in [1.807, 2.05) is 30.3 Å². The highest BCUT2D eigenvalue weighted by molar-refractivity contribution is 6.03. The zero-order valence-corrected chi connectivity index (χ0v) is 15.9. The zero-order chi connectivity index (χ0) is 19.2. The molecule has 1 aromatic heterocycles. The molecule has 3 aromatic rings. The number of hydrogen-bond donors (Lipinski definition) is 2. The maximum atomic E-state index is 12.7. The van der Waals surface area contributed by atoms with Crippen LogP contribution in [0.5, 0.6) is 0 Å². The Labute approximate surface area is 159 Å². The van der Waals surface area contributed by atoms with Crippen molar-refractivity contribution in [2.75, 3.05) is 10.6 Å². The lowest BCUT2D eigenvalue weighted by molar-refractivity contribution is 0.102. The van der Waals surface area contributed by atoms with Crippen molar-refractivity contribution in [1.29, 1.82) is 0 Å². The first-order chi connectivity index (χ1) is 13.0. The molecule has 0 radical (unpaired) electrons. The van der Waals surface area contributed by atoms with E-state index in [0.717, 1.165) is 23.2 Å². The third-order valence-electron chi connectivity index (χ3n) is 4.27. The fraction of sp³-hybridized carbons (Fsp3) is 0.227. The van der Waals surface area contributed by atoms with Crippen molar-refractivity contribution < 1.29 is 4.79 Å². The van der Waals surface area contributed by atoms with Crippen molar-refractivity contribution in [1.82, 2.24) is 9.97 Å². The van der Waals surface area contributed by atoms with Gasteiger partial charge < -0.3 is 10.6 Å². The topological polar surface area (TPSA) is 66.9 Å². The molecule has 0 aliphatic rings. The number of aromatic nitrogens is 2. The number of carbonyl (C=O) groups is 1. The summed E-state index contributed by atoms with van der Waals surface area (Å²) in [5.74, 6) is 0.955. The number of hydrogen-bond acceptors (Lipinski definition) is 4. The molecule has 0 bridgehead atoms. The van der Waals surface area contributed by atoms with Crippen LogP contribution in [0.3, 0.4) is 0 Å². The van der Waals surface area contributed by atoms with Crippen LogP contribution in [0.1, 0.15) is 39.9 Å². The van der Waals surface area contributed by atoms with E-state index in [2.05, 4.69) is 52.6 Å². The van der Waals surface area contributed by atoms with Gasteiger partial charge in [-0.15, -0.1) is 0 Å². The SMILES string of the molecule is CCc1ccccc1NC(=O)c1cc(NCc2cccc(C)c2)nc(C)n1. The van der Waals surface area contributed by atoms with Gasteiger partial charge in [-0.2, -0.15) is 0 Å². The summed E-state index contributed by atoms with van der Waals surface area (Å²) in [5, 5.41) is 6.24. The molecule has 5 nitrogen and oxygen atoms in total. The predicted octanol–water partition coefficient (Wildman–Crippen LogP) is 4.52. The summed E-state index contributed by atoms with van der Waals surface area (Å²) in [5.41, 5.74) is 4.63. The van der Waals surface area contributed by atoms with E-state index in [0.29, 0.717) is 23.9 Å². The number of amides is 1. The fourth-order valence-corrected chi connectivity index (χ4v) is 2.93. The lowest BCUT2D eigenvalue weighted by atomic mass is 10.1. The summed E-state index contributed by atoms with van der Waals surface area (Å²) >= 11 is 0. The van der Waals surface area contributed by atoms with Crippen LogP contribution in [0.25, 0.3) is 0 Å². The van der Waals surface area contributed by atoms with Gasteiger partial charge in [0.2, 0.25) is 0 Å². The quantitative estimate of drug-likeness (QED) is 0.678. The summed E-state index contributed by atoms with van der Waals surface area (Å²) in [6, 6.07) is 17.8. The minimum Gasteiger partial charge on any atom is -0.366 e. The Hall–Kier alpha value is -3.21. The monoisotopic (exact) mass is 360 g/mol. The van der Waals surface area contributed by atoms with Crippen LogP contribution >= 0.6 is 0 Å². The molecule has 1 heterocycles. The highest BCUT2D eigenvalue weighted by atomic mass is 16.1. The van der Waals surface area contributed by atoms with Crippen LogP contribution in [0.4, 0.5) is 11.5 Å². The van der Waals surface area contributed by atoms with Crippen LogP contribution < -0.4 is 10.6 Å². The molecule has 1 amide bonds. The van der Waals surface area contributed by atoms with E-state index in [9.17, 15) is 4.79 Å². The Balaban J connectivity index is 1.75. The highest BCUT2D eigenvalue weighted by Crippen LogP contribution is 2.17. The molecule has 0 aliphatic carbocycles. The van der Waals surface area contributed by atoms with Gasteiger partial charge in [0.05, 0.1) is 0 Å². The average Bonchev–Trinajstić information content (AvgIpc) is 2.66. The molecule has 3 rings (SSSR count). The van der Waals surface area contributed by atoms with Gasteiger partial charge in [-0.25, -0.2) is 9.97 Å². The van der Waals surface area contributed by atoms with Crippen molar-refractivity contribution in [3.63, 3.8) is 0 Å². The Morgan fingerprint density at radius 1 is 1.00 bits per heavy atom. The van der Waals surface area contributed by atoms with Crippen LogP contribution in [0, 0.1) is 13.8 Å². The van der Waals surface area contributed by atoms with Crippen LogP contribution in [0.2, 0.25) is 0 Å². The number of carbonyl (C=O) groups excluding carboxylic acids is 1. The van der Waals surface area contributed by atoms with E-state index in [1.54, 1.807) is 13.0 Å². The number of rotatable bonds is 6. The van der Waals surface area contributed by atoms with Gasteiger partial charge in [0.1, 0.15) is 17.3 Å². The molecule has 0 atom stereocenters. The number of benzene rings is 2. The summed E-state index contributed by atoms with van der Waals surface area (Å²) in [6.07, 6.45) is 0.850. The molecule has 2 aromatic carbocycles. The summed E-state index contributed by atoms with van der Waals surface area (Å²) in [6.45, 7) is 6.55. The molecule has 0 saturated carbocycles. The first kappa shape index (κ1) is 18.6. The number of anilines is 2. The van der Waals surface area contributed by atoms with Gasteiger partial charge in [-0.3, -0.25) is 4.79 Å². The standard InChI is InChI=1S/C22H24N4O/c1-4-18-10-5-6-11-19(18)26-22(27)20-13-21(25-16(3)24-20)23-14-17-9-7-8-15(2)12-17/h5-13H,4,14H2,1-3H3,(H,26,27)(H,23,24,25). The minimum atomic E-state index is -0.236. The second-order valence-corrected chi connectivity index (χ2v) is 6.49. The maximum absolute atomic E-state index is 12.7. The third kappa shape index (κ3) is 4.91. The number of para-hydroxylation sites is 1. The molecular weight excluding hydrogens is 336 g/mol. The first-order valence-corrected chi connectivity index (χ1v) is 9.09. The normalized spacial score (nSPS) is 10.5. The van der Waals surface area contributed by atoms with Gasteiger partial charge >= 0.3 is 0 Å². The lowest BCUT2D eigenvalue weighted by Gasteiger charge is -2.11. The molecule has 0 saturated heterocycles. The molecule has 5 heteroatoms. The van der Waals surface area contributed by atoms with Gasteiger partial charge in [0.15, 0.2) is 0 Å². The lowest BCUT2D eigenvalue weighted by Crippen LogP contribution is -2.16. The largest absolute Gasteiger partial charge is 0.366 e. The third-order valence-corrected chi connectivity index (χ3v) is 4.27. The second kappa shape index (κ2) is 8.45. The van der Waals surface area contributed by atoms with Gasteiger partial charge in [-0.05, 0) is 37.5 Å². The van der Waals surface area contributed by atoms with E-state index < -0.39 is 0 Å².